The number of aromatic amines is 1. The number of ether oxygens (including phenoxy) is 3. The van der Waals surface area contributed by atoms with Gasteiger partial charge >= 0.3 is 12.5 Å². The molecule has 2 saturated heterocycles. The fourth-order valence-electron chi connectivity index (χ4n) is 4.55. The third kappa shape index (κ3) is 5.52. The van der Waals surface area contributed by atoms with Crippen LogP contribution in [0.1, 0.15) is 18.9 Å². The molecule has 3 aromatic rings. The molecule has 5 heterocycles. The van der Waals surface area contributed by atoms with Gasteiger partial charge in [0.05, 0.1) is 25.6 Å². The van der Waals surface area contributed by atoms with E-state index in [2.05, 4.69) is 32.2 Å². The number of nitrogen functional groups attached to an aromatic ring is 1. The number of nitrogens with zero attached hydrogens (tertiary/aromatic N) is 5. The van der Waals surface area contributed by atoms with Gasteiger partial charge in [0.2, 0.25) is 0 Å². The zero-order valence-corrected chi connectivity index (χ0v) is 22.1. The summed E-state index contributed by atoms with van der Waals surface area (Å²) in [7, 11) is 1.30. The highest BCUT2D eigenvalue weighted by Gasteiger charge is 2.50. The van der Waals surface area contributed by atoms with Gasteiger partial charge in [0.1, 0.15) is 42.5 Å². The summed E-state index contributed by atoms with van der Waals surface area (Å²) in [5, 5.41) is 20.4. The van der Waals surface area contributed by atoms with Crippen LogP contribution in [0.25, 0.3) is 11.2 Å². The summed E-state index contributed by atoms with van der Waals surface area (Å²) in [5.41, 5.74) is 5.24. The van der Waals surface area contributed by atoms with Crippen molar-refractivity contribution in [1.29, 1.82) is 0 Å². The summed E-state index contributed by atoms with van der Waals surface area (Å²) >= 11 is 4.03. The molecular weight excluding hydrogens is 561 g/mol. The van der Waals surface area contributed by atoms with E-state index in [1.165, 1.54) is 26.0 Å². The van der Waals surface area contributed by atoms with E-state index >= 15 is 0 Å². The Balaban J connectivity index is 1.26. The lowest BCUT2D eigenvalue weighted by Crippen LogP contribution is -2.39. The number of aliphatic hydroxyl groups excluding tert-OH is 2. The Kier molecular flexibility index (Phi) is 7.91. The SMILES string of the molecule is COC1C(O[P@](=O)(S)OC[C@H]2O[C@@H](n3cnc4c(N)ncnc43)CC2O)[C@@H](CO)O[C@H]1n1ccc(=O)[nH]c1=O. The minimum absolute atomic E-state index is 0.158. The van der Waals surface area contributed by atoms with E-state index in [1.54, 1.807) is 4.57 Å². The smallest absolute Gasteiger partial charge is 0.386 e. The van der Waals surface area contributed by atoms with Gasteiger partial charge in [-0.2, -0.15) is 0 Å². The number of nitrogens with two attached hydrogens (primary N) is 1. The molecule has 0 aromatic carbocycles. The van der Waals surface area contributed by atoms with E-state index < -0.39 is 67.6 Å². The molecule has 0 bridgehead atoms. The fourth-order valence-corrected chi connectivity index (χ4v) is 6.04. The van der Waals surface area contributed by atoms with Crippen LogP contribution in [0.3, 0.4) is 0 Å². The number of hydrogen-bond donors (Lipinski definition) is 5. The Morgan fingerprint density at radius 3 is 2.74 bits per heavy atom. The van der Waals surface area contributed by atoms with Crippen LogP contribution in [0.4, 0.5) is 5.82 Å². The van der Waals surface area contributed by atoms with E-state index in [4.69, 9.17) is 29.0 Å². The van der Waals surface area contributed by atoms with Crippen LogP contribution >= 0.6 is 19.0 Å². The van der Waals surface area contributed by atoms with E-state index in [1.807, 2.05) is 0 Å². The van der Waals surface area contributed by atoms with Crippen molar-refractivity contribution in [3.63, 3.8) is 0 Å². The van der Waals surface area contributed by atoms with Crippen LogP contribution in [-0.2, 0) is 27.8 Å². The number of nitrogens with one attached hydrogen (secondary N) is 1. The maximum Gasteiger partial charge on any atom is 0.386 e. The standard InChI is InChI=1S/C20H26N7O10PS/c1-33-16-15(10(5-28)36-19(16)26-3-2-12(30)25-20(26)31)37-38(32,39)34-6-11-9(29)4-13(35-11)27-8-24-14-17(21)22-7-23-18(14)27/h2-3,7-11,13,15-16,19,28-29H,4-6H2,1H3,(H,32,39)(H2,21,22,23)(H,25,30,31)/t9?,10-,11-,13-,15?,16?,19-,38-/m1/s1. The van der Waals surface area contributed by atoms with Gasteiger partial charge in [0.15, 0.2) is 17.7 Å². The molecule has 8 atom stereocenters. The highest BCUT2D eigenvalue weighted by atomic mass is 32.7. The monoisotopic (exact) mass is 587 g/mol. The first-order valence-corrected chi connectivity index (χ1v) is 14.3. The predicted octanol–water partition coefficient (Wildman–Crippen LogP) is -1.05. The van der Waals surface area contributed by atoms with Crippen LogP contribution in [-0.4, -0.2) is 90.1 Å². The quantitative estimate of drug-likeness (QED) is 0.149. The molecule has 5 N–H and O–H groups in total. The molecule has 0 spiro atoms. The van der Waals surface area contributed by atoms with Crippen LogP contribution in [0.5, 0.6) is 0 Å². The van der Waals surface area contributed by atoms with Crippen molar-refractivity contribution < 1.29 is 38.0 Å². The summed E-state index contributed by atoms with van der Waals surface area (Å²) in [5.74, 6) is 0.199. The first-order valence-electron chi connectivity index (χ1n) is 11.6. The van der Waals surface area contributed by atoms with E-state index in [-0.39, 0.29) is 18.8 Å². The Morgan fingerprint density at radius 2 is 2.03 bits per heavy atom. The Morgan fingerprint density at radius 1 is 1.23 bits per heavy atom. The lowest BCUT2D eigenvalue weighted by Gasteiger charge is -2.26. The average molecular weight is 588 g/mol. The van der Waals surface area contributed by atoms with Gasteiger partial charge in [-0.3, -0.25) is 28.0 Å². The second-order valence-corrected chi connectivity index (χ2v) is 11.7. The summed E-state index contributed by atoms with van der Waals surface area (Å²) in [4.78, 5) is 38.0. The molecule has 19 heteroatoms. The molecule has 3 unspecified atom stereocenters. The van der Waals surface area contributed by atoms with Gasteiger partial charge in [-0.1, -0.05) is 12.2 Å². The Bertz CT molecular complexity index is 1500. The van der Waals surface area contributed by atoms with Gasteiger partial charge in [-0.15, -0.1) is 0 Å². The molecule has 0 aliphatic carbocycles. The lowest BCUT2D eigenvalue weighted by molar-refractivity contribution is -0.0625. The Labute approximate surface area is 224 Å². The van der Waals surface area contributed by atoms with E-state index in [0.717, 1.165) is 10.6 Å². The van der Waals surface area contributed by atoms with Crippen LogP contribution in [0, 0.1) is 0 Å². The van der Waals surface area contributed by atoms with Crippen LogP contribution in [0.15, 0.2) is 34.5 Å². The molecule has 2 aliphatic rings. The van der Waals surface area contributed by atoms with Gasteiger partial charge in [-0.25, -0.2) is 24.3 Å². The molecule has 0 saturated carbocycles. The van der Waals surface area contributed by atoms with Crippen molar-refractivity contribution in [3.05, 3.63) is 45.8 Å². The first kappa shape index (κ1) is 27.9. The van der Waals surface area contributed by atoms with Gasteiger partial charge < -0.3 is 30.2 Å². The van der Waals surface area contributed by atoms with Crippen molar-refractivity contribution >= 4 is 36.0 Å². The third-order valence-electron chi connectivity index (χ3n) is 6.42. The molecular formula is C20H26N7O10PS. The van der Waals surface area contributed by atoms with Crippen LogP contribution < -0.4 is 17.0 Å². The van der Waals surface area contributed by atoms with Crippen molar-refractivity contribution in [2.45, 2.75) is 49.4 Å². The minimum atomic E-state index is -4.15. The number of anilines is 1. The molecule has 17 nitrogen and oxygen atoms in total. The van der Waals surface area contributed by atoms with Gasteiger partial charge in [0.25, 0.3) is 5.56 Å². The summed E-state index contributed by atoms with van der Waals surface area (Å²) in [6.07, 6.45) is -2.89. The molecule has 2 fully saturated rings. The molecule has 212 valence electrons. The van der Waals surface area contributed by atoms with Crippen molar-refractivity contribution in [2.75, 3.05) is 26.1 Å². The number of aliphatic hydroxyl groups is 2. The number of fused-ring (bicyclic) bond motifs is 1. The second-order valence-electron chi connectivity index (χ2n) is 8.81. The third-order valence-corrected chi connectivity index (χ3v) is 8.04. The fraction of sp³-hybridized carbons (Fsp3) is 0.550. The zero-order chi connectivity index (χ0) is 27.9. The number of imidazole rings is 1. The van der Waals surface area contributed by atoms with Gasteiger partial charge in [-0.05, 0) is 0 Å². The summed E-state index contributed by atoms with van der Waals surface area (Å²) < 4.78 is 43.9. The normalized spacial score (nSPS) is 30.6. The van der Waals surface area contributed by atoms with Crippen LogP contribution in [0.2, 0.25) is 0 Å². The molecule has 2 aliphatic heterocycles. The number of thiol groups is 1. The molecule has 5 rings (SSSR count). The van der Waals surface area contributed by atoms with Crippen molar-refractivity contribution in [3.8, 4) is 0 Å². The number of H-pyrrole nitrogens is 1. The number of aromatic nitrogens is 6. The zero-order valence-electron chi connectivity index (χ0n) is 20.3. The molecule has 0 amide bonds. The molecule has 0 radical (unpaired) electrons. The highest BCUT2D eigenvalue weighted by Crippen LogP contribution is 2.56. The topological polar surface area (TPSA) is 228 Å². The molecule has 3 aromatic heterocycles. The van der Waals surface area contributed by atoms with Crippen molar-refractivity contribution in [2.24, 2.45) is 0 Å². The van der Waals surface area contributed by atoms with E-state index in [0.29, 0.717) is 11.2 Å². The average Bonchev–Trinajstić information content (AvgIpc) is 3.58. The second kappa shape index (κ2) is 11.1. The summed E-state index contributed by atoms with van der Waals surface area (Å²) in [6, 6.07) is 1.11. The number of methoxy groups -OCH3 is 1. The Hall–Kier alpha value is -2.67. The largest absolute Gasteiger partial charge is 0.394 e. The lowest BCUT2D eigenvalue weighted by atomic mass is 10.1. The maximum absolute atomic E-state index is 13.2. The number of hydrogen-bond acceptors (Lipinski definition) is 14. The van der Waals surface area contributed by atoms with E-state index in [9.17, 15) is 24.4 Å². The predicted molar refractivity (Wildman–Crippen MR) is 135 cm³/mol. The number of rotatable bonds is 9. The molecule has 39 heavy (non-hydrogen) atoms. The highest BCUT2D eigenvalue weighted by molar-refractivity contribution is 8.44. The van der Waals surface area contributed by atoms with Gasteiger partial charge in [0, 0.05) is 25.8 Å². The summed E-state index contributed by atoms with van der Waals surface area (Å²) in [6.45, 7) is -5.09. The van der Waals surface area contributed by atoms with Crippen molar-refractivity contribution in [1.82, 2.24) is 29.1 Å². The minimum Gasteiger partial charge on any atom is -0.394 e. The first-order chi connectivity index (χ1) is 18.6. The maximum atomic E-state index is 13.2.